The van der Waals surface area contributed by atoms with E-state index in [9.17, 15) is 8.42 Å². The molecule has 31 heavy (non-hydrogen) atoms. The van der Waals surface area contributed by atoms with E-state index in [0.717, 1.165) is 39.1 Å². The minimum absolute atomic E-state index is 0.379. The lowest BCUT2D eigenvalue weighted by molar-refractivity contribution is -0.174. The third kappa shape index (κ3) is 4.00. The standard InChI is InChI=1S/C24H30N2O4S/c27-31(28)21(19-24(29-17-18-30-24)22-10-4-5-11-23(22)31)9-6-12-25-13-15-26(16-14-25)20-7-2-1-3-8-20/h1-5,7-8,10-11,21H,6,9,12-19H2. The van der Waals surface area contributed by atoms with Crippen LogP contribution >= 0.6 is 0 Å². The van der Waals surface area contributed by atoms with E-state index in [2.05, 4.69) is 34.1 Å². The van der Waals surface area contributed by atoms with Crippen LogP contribution in [0.25, 0.3) is 0 Å². The number of nitrogens with zero attached hydrogens (tertiary/aromatic N) is 2. The van der Waals surface area contributed by atoms with Crippen molar-refractivity contribution in [2.45, 2.75) is 35.2 Å². The van der Waals surface area contributed by atoms with Gasteiger partial charge in [-0.3, -0.25) is 4.90 Å². The third-order valence-electron chi connectivity index (χ3n) is 6.79. The van der Waals surface area contributed by atoms with Crippen LogP contribution in [0.1, 0.15) is 24.8 Å². The van der Waals surface area contributed by atoms with Gasteiger partial charge in [-0.1, -0.05) is 36.4 Å². The normalized spacial score (nSPS) is 24.9. The van der Waals surface area contributed by atoms with E-state index in [-0.39, 0.29) is 0 Å². The highest BCUT2D eigenvalue weighted by atomic mass is 32.2. The van der Waals surface area contributed by atoms with Crippen molar-refractivity contribution >= 4 is 15.5 Å². The minimum Gasteiger partial charge on any atom is -0.369 e. The quantitative estimate of drug-likeness (QED) is 0.710. The molecule has 2 fully saturated rings. The van der Waals surface area contributed by atoms with Crippen LogP contribution in [0.2, 0.25) is 0 Å². The van der Waals surface area contributed by atoms with Crippen LogP contribution in [0.5, 0.6) is 0 Å². The summed E-state index contributed by atoms with van der Waals surface area (Å²) in [5.74, 6) is -0.895. The highest BCUT2D eigenvalue weighted by Gasteiger charge is 2.51. The number of para-hydroxylation sites is 1. The van der Waals surface area contributed by atoms with Crippen molar-refractivity contribution in [3.8, 4) is 0 Å². The van der Waals surface area contributed by atoms with Crippen molar-refractivity contribution in [1.82, 2.24) is 4.90 Å². The van der Waals surface area contributed by atoms with Crippen molar-refractivity contribution in [3.63, 3.8) is 0 Å². The number of sulfone groups is 1. The maximum atomic E-state index is 13.3. The fourth-order valence-corrected chi connectivity index (χ4v) is 7.20. The highest BCUT2D eigenvalue weighted by molar-refractivity contribution is 7.92. The second-order valence-corrected chi connectivity index (χ2v) is 10.8. The van der Waals surface area contributed by atoms with Gasteiger partial charge in [0.2, 0.25) is 0 Å². The first kappa shape index (κ1) is 20.9. The Morgan fingerprint density at radius 1 is 0.903 bits per heavy atom. The molecule has 2 aromatic carbocycles. The molecule has 3 aliphatic heterocycles. The molecule has 0 N–H and O–H groups in total. The molecule has 2 saturated heterocycles. The van der Waals surface area contributed by atoms with Crippen molar-refractivity contribution < 1.29 is 17.9 Å². The van der Waals surface area contributed by atoms with Gasteiger partial charge in [-0.05, 0) is 37.6 Å². The summed E-state index contributed by atoms with van der Waals surface area (Å²) in [5, 5.41) is -0.467. The molecule has 3 aliphatic rings. The molecule has 0 saturated carbocycles. The van der Waals surface area contributed by atoms with Gasteiger partial charge in [0.15, 0.2) is 15.6 Å². The van der Waals surface area contributed by atoms with E-state index >= 15 is 0 Å². The molecule has 0 radical (unpaired) electrons. The summed E-state index contributed by atoms with van der Waals surface area (Å²) >= 11 is 0. The molecule has 7 heteroatoms. The van der Waals surface area contributed by atoms with E-state index in [1.165, 1.54) is 5.69 Å². The summed E-state index contributed by atoms with van der Waals surface area (Å²) < 4.78 is 38.5. The smallest absolute Gasteiger partial charge is 0.197 e. The lowest BCUT2D eigenvalue weighted by Gasteiger charge is -2.38. The Labute approximate surface area is 184 Å². The fourth-order valence-electron chi connectivity index (χ4n) is 5.12. The van der Waals surface area contributed by atoms with Gasteiger partial charge in [0, 0.05) is 43.9 Å². The van der Waals surface area contributed by atoms with E-state index in [4.69, 9.17) is 9.47 Å². The van der Waals surface area contributed by atoms with Gasteiger partial charge in [-0.25, -0.2) is 8.42 Å². The molecule has 1 unspecified atom stereocenters. The molecule has 0 bridgehead atoms. The van der Waals surface area contributed by atoms with E-state index in [0.29, 0.717) is 36.5 Å². The zero-order chi connectivity index (χ0) is 21.3. The van der Waals surface area contributed by atoms with Gasteiger partial charge in [0.25, 0.3) is 0 Å². The molecule has 166 valence electrons. The second-order valence-electron chi connectivity index (χ2n) is 8.62. The predicted molar refractivity (Wildman–Crippen MR) is 120 cm³/mol. The molecule has 0 aromatic heterocycles. The summed E-state index contributed by atoms with van der Waals surface area (Å²) in [7, 11) is -3.38. The van der Waals surface area contributed by atoms with Gasteiger partial charge < -0.3 is 14.4 Å². The van der Waals surface area contributed by atoms with E-state index < -0.39 is 20.9 Å². The Morgan fingerprint density at radius 3 is 2.32 bits per heavy atom. The van der Waals surface area contributed by atoms with Crippen LogP contribution in [0.15, 0.2) is 59.5 Å². The molecule has 0 amide bonds. The predicted octanol–water partition coefficient (Wildman–Crippen LogP) is 3.03. The number of hydrogen-bond donors (Lipinski definition) is 0. The molecule has 3 heterocycles. The van der Waals surface area contributed by atoms with Gasteiger partial charge >= 0.3 is 0 Å². The third-order valence-corrected chi connectivity index (χ3v) is 9.04. The van der Waals surface area contributed by atoms with Gasteiger partial charge in [0.1, 0.15) is 0 Å². The zero-order valence-electron chi connectivity index (χ0n) is 17.8. The Kier molecular flexibility index (Phi) is 5.77. The number of rotatable bonds is 5. The fraction of sp³-hybridized carbons (Fsp3) is 0.500. The SMILES string of the molecule is O=S1(=O)c2ccccc2C2(CC1CCCN1CCN(c3ccccc3)CC1)OCCO2. The van der Waals surface area contributed by atoms with Crippen LogP contribution in [-0.4, -0.2) is 64.5 Å². The number of anilines is 1. The van der Waals surface area contributed by atoms with Gasteiger partial charge in [-0.2, -0.15) is 0 Å². The first-order chi connectivity index (χ1) is 15.1. The maximum Gasteiger partial charge on any atom is 0.197 e. The van der Waals surface area contributed by atoms with Crippen molar-refractivity contribution in [1.29, 1.82) is 0 Å². The van der Waals surface area contributed by atoms with Crippen LogP contribution in [0.4, 0.5) is 5.69 Å². The van der Waals surface area contributed by atoms with E-state index in [1.807, 2.05) is 18.2 Å². The number of piperazine rings is 1. The van der Waals surface area contributed by atoms with Gasteiger partial charge in [0.05, 0.1) is 23.4 Å². The topological polar surface area (TPSA) is 59.1 Å². The summed E-state index contributed by atoms with van der Waals surface area (Å²) in [5.41, 5.74) is 1.94. The first-order valence-electron chi connectivity index (χ1n) is 11.2. The molecule has 5 rings (SSSR count). The van der Waals surface area contributed by atoms with Crippen molar-refractivity contribution in [3.05, 3.63) is 60.2 Å². The average molecular weight is 443 g/mol. The average Bonchev–Trinajstić information content (AvgIpc) is 3.28. The Hall–Kier alpha value is -1.93. The number of hydrogen-bond acceptors (Lipinski definition) is 6. The summed E-state index contributed by atoms with van der Waals surface area (Å²) in [6, 6.07) is 17.7. The Balaban J connectivity index is 1.20. The minimum atomic E-state index is -3.38. The Bertz CT molecular complexity index is 997. The Morgan fingerprint density at radius 2 is 1.58 bits per heavy atom. The molecule has 6 nitrogen and oxygen atoms in total. The first-order valence-corrected chi connectivity index (χ1v) is 12.8. The maximum absolute atomic E-state index is 13.3. The largest absolute Gasteiger partial charge is 0.369 e. The lowest BCUT2D eigenvalue weighted by Crippen LogP contribution is -2.47. The summed E-state index contributed by atoms with van der Waals surface area (Å²) in [6.07, 6.45) is 1.87. The van der Waals surface area contributed by atoms with Crippen LogP contribution in [-0.2, 0) is 25.1 Å². The second kappa shape index (κ2) is 8.54. The van der Waals surface area contributed by atoms with Crippen molar-refractivity contribution in [2.24, 2.45) is 0 Å². The molecular formula is C24H30N2O4S. The summed E-state index contributed by atoms with van der Waals surface area (Å²) in [4.78, 5) is 5.24. The molecule has 1 spiro atoms. The van der Waals surface area contributed by atoms with E-state index in [1.54, 1.807) is 12.1 Å². The molecule has 0 aliphatic carbocycles. The van der Waals surface area contributed by atoms with Crippen molar-refractivity contribution in [2.75, 3.05) is 50.8 Å². The monoisotopic (exact) mass is 442 g/mol. The number of ether oxygens (including phenoxy) is 2. The number of benzene rings is 2. The molecular weight excluding hydrogens is 412 g/mol. The van der Waals surface area contributed by atoms with Crippen LogP contribution in [0.3, 0.4) is 0 Å². The summed E-state index contributed by atoms with van der Waals surface area (Å²) in [6.45, 7) is 5.95. The van der Waals surface area contributed by atoms with Crippen LogP contribution in [0, 0.1) is 0 Å². The van der Waals surface area contributed by atoms with Gasteiger partial charge in [-0.15, -0.1) is 0 Å². The molecule has 1 atom stereocenters. The van der Waals surface area contributed by atoms with Crippen LogP contribution < -0.4 is 4.90 Å². The molecule has 2 aromatic rings. The zero-order valence-corrected chi connectivity index (χ0v) is 18.6. The number of fused-ring (bicyclic) bond motifs is 2. The highest BCUT2D eigenvalue weighted by Crippen LogP contribution is 2.46. The lowest BCUT2D eigenvalue weighted by atomic mass is 9.97.